The number of nitrogens with zero attached hydrogens (tertiary/aromatic N) is 3. The minimum atomic E-state index is -4.19. The number of amides is 2. The summed E-state index contributed by atoms with van der Waals surface area (Å²) in [5, 5.41) is 16.5. The highest BCUT2D eigenvalue weighted by molar-refractivity contribution is 7.89. The molecule has 0 spiro atoms. The van der Waals surface area contributed by atoms with Crippen LogP contribution in [0.3, 0.4) is 0 Å². The van der Waals surface area contributed by atoms with Crippen LogP contribution in [0.5, 0.6) is 5.88 Å². The molecule has 0 aliphatic rings. The van der Waals surface area contributed by atoms with Gasteiger partial charge in [0.15, 0.2) is 0 Å². The number of aromatic nitrogens is 2. The molecule has 2 amide bonds. The first-order chi connectivity index (χ1) is 25.7. The first kappa shape index (κ1) is 37.6. The largest absolute Gasteiger partial charge is 0.481 e. The van der Waals surface area contributed by atoms with Crippen LogP contribution in [0.15, 0.2) is 120 Å². The summed E-state index contributed by atoms with van der Waals surface area (Å²) in [6.07, 6.45) is 0.774. The molecule has 6 rings (SSSR count). The Kier molecular flexibility index (Phi) is 12.1. The number of aliphatic hydroxyl groups is 1. The van der Waals surface area contributed by atoms with Gasteiger partial charge in [-0.3, -0.25) is 4.79 Å². The number of nitrogens with one attached hydrogen (secondary N) is 2. The van der Waals surface area contributed by atoms with Gasteiger partial charge in [0.2, 0.25) is 21.8 Å². The van der Waals surface area contributed by atoms with Crippen molar-refractivity contribution in [2.24, 2.45) is 0 Å². The van der Waals surface area contributed by atoms with Gasteiger partial charge in [0, 0.05) is 34.5 Å². The minimum absolute atomic E-state index is 0.0370. The first-order valence-electron chi connectivity index (χ1n) is 16.5. The summed E-state index contributed by atoms with van der Waals surface area (Å²) in [7, 11) is -1.48. The van der Waals surface area contributed by atoms with Crippen molar-refractivity contribution in [1.82, 2.24) is 24.9 Å². The molecular weight excluding hydrogens is 735 g/mol. The van der Waals surface area contributed by atoms with Crippen molar-refractivity contribution >= 4 is 54.9 Å². The van der Waals surface area contributed by atoms with Crippen molar-refractivity contribution in [1.29, 1.82) is 0 Å². The molecule has 1 unspecified atom stereocenters. The highest BCUT2D eigenvalue weighted by atomic mass is 32.2. The molecule has 3 aromatic carbocycles. The fraction of sp³-hybridized carbons (Fsp3) is 0.211. The van der Waals surface area contributed by atoms with Gasteiger partial charge in [-0.15, -0.1) is 22.7 Å². The topological polar surface area (TPSA) is 160 Å². The lowest BCUT2D eigenvalue weighted by Crippen LogP contribution is -2.50. The van der Waals surface area contributed by atoms with E-state index in [2.05, 4.69) is 20.6 Å². The molecule has 3 heterocycles. The number of hydrogen-bond donors (Lipinski definition) is 3. The summed E-state index contributed by atoms with van der Waals surface area (Å²) in [6.45, 7) is -0.535. The van der Waals surface area contributed by atoms with Gasteiger partial charge in [0.1, 0.15) is 6.04 Å². The van der Waals surface area contributed by atoms with Crippen molar-refractivity contribution in [3.05, 3.63) is 141 Å². The van der Waals surface area contributed by atoms with E-state index in [1.807, 2.05) is 60.7 Å². The number of methoxy groups -OCH3 is 2. The molecule has 0 aliphatic heterocycles. The van der Waals surface area contributed by atoms with Crippen molar-refractivity contribution in [2.45, 2.75) is 36.0 Å². The third-order valence-electron chi connectivity index (χ3n) is 8.62. The van der Waals surface area contributed by atoms with Crippen LogP contribution in [0, 0.1) is 0 Å². The maximum atomic E-state index is 14.4. The van der Waals surface area contributed by atoms with Gasteiger partial charge in [0.05, 0.1) is 54.0 Å². The fourth-order valence-corrected chi connectivity index (χ4v) is 9.38. The predicted molar refractivity (Wildman–Crippen MR) is 203 cm³/mol. The Hall–Kier alpha value is -5.19. The molecule has 15 heteroatoms. The highest BCUT2D eigenvalue weighted by Gasteiger charge is 2.35. The average molecular weight is 772 g/mol. The average Bonchev–Trinajstić information content (AvgIpc) is 3.87. The van der Waals surface area contributed by atoms with E-state index in [0.29, 0.717) is 26.7 Å². The van der Waals surface area contributed by atoms with E-state index in [0.717, 1.165) is 15.8 Å². The van der Waals surface area contributed by atoms with Crippen LogP contribution in [0.2, 0.25) is 0 Å². The number of ether oxygens (including phenoxy) is 2. The van der Waals surface area contributed by atoms with E-state index in [1.165, 1.54) is 59.5 Å². The Labute approximate surface area is 315 Å². The van der Waals surface area contributed by atoms with Crippen LogP contribution in [-0.2, 0) is 32.6 Å². The number of carbonyl (C=O) groups excluding carboxylic acids is 2. The van der Waals surface area contributed by atoms with E-state index < -0.39 is 46.6 Å². The smallest absolute Gasteiger partial charge is 0.407 e. The SMILES string of the molecule is COC(=O)N[C@H](C(=O)NCc1ccc(C(CO)N(Cc2ccnc(OC)c2)S(=O)(=O)c2ccc3scnc3c2)s1)C(c1ccccc1)c1ccccc1. The molecule has 0 fully saturated rings. The molecule has 6 aromatic rings. The number of fused-ring (bicyclic) bond motifs is 1. The van der Waals surface area contributed by atoms with Crippen molar-refractivity contribution in [2.75, 3.05) is 20.8 Å². The van der Waals surface area contributed by atoms with Crippen LogP contribution in [-0.4, -0.2) is 66.7 Å². The molecule has 0 bridgehead atoms. The Morgan fingerprint density at radius 2 is 1.62 bits per heavy atom. The molecule has 12 nitrogen and oxygen atoms in total. The minimum Gasteiger partial charge on any atom is -0.481 e. The number of alkyl carbamates (subject to hydrolysis) is 1. The van der Waals surface area contributed by atoms with Crippen LogP contribution in [0.1, 0.15) is 38.4 Å². The molecule has 0 saturated carbocycles. The van der Waals surface area contributed by atoms with E-state index in [1.54, 1.807) is 35.8 Å². The third-order valence-corrected chi connectivity index (χ3v) is 12.5. The van der Waals surface area contributed by atoms with Crippen LogP contribution in [0.4, 0.5) is 4.79 Å². The van der Waals surface area contributed by atoms with E-state index in [-0.39, 0.29) is 18.0 Å². The third kappa shape index (κ3) is 8.72. The molecule has 274 valence electrons. The Bertz CT molecular complexity index is 2230. The Morgan fingerprint density at radius 1 is 0.906 bits per heavy atom. The zero-order valence-electron chi connectivity index (χ0n) is 28.8. The second-order valence-corrected chi connectivity index (χ2v) is 15.8. The Morgan fingerprint density at radius 3 is 2.28 bits per heavy atom. The van der Waals surface area contributed by atoms with Gasteiger partial charge in [-0.2, -0.15) is 4.31 Å². The summed E-state index contributed by atoms with van der Waals surface area (Å²) in [5.74, 6) is -0.668. The summed E-state index contributed by atoms with van der Waals surface area (Å²) in [4.78, 5) is 36.2. The first-order valence-corrected chi connectivity index (χ1v) is 19.6. The van der Waals surface area contributed by atoms with Gasteiger partial charge in [-0.05, 0) is 53.1 Å². The second kappa shape index (κ2) is 17.1. The summed E-state index contributed by atoms with van der Waals surface area (Å²) >= 11 is 2.67. The van der Waals surface area contributed by atoms with Crippen LogP contribution < -0.4 is 15.4 Å². The molecule has 0 aliphatic carbocycles. The van der Waals surface area contributed by atoms with Gasteiger partial charge in [-0.25, -0.2) is 23.2 Å². The van der Waals surface area contributed by atoms with E-state index in [4.69, 9.17) is 9.47 Å². The molecule has 2 atom stereocenters. The van der Waals surface area contributed by atoms with Crippen molar-refractivity contribution in [3.8, 4) is 5.88 Å². The van der Waals surface area contributed by atoms with Gasteiger partial charge in [-0.1, -0.05) is 60.7 Å². The van der Waals surface area contributed by atoms with E-state index >= 15 is 0 Å². The Balaban J connectivity index is 1.28. The predicted octanol–water partition coefficient (Wildman–Crippen LogP) is 5.86. The highest BCUT2D eigenvalue weighted by Crippen LogP contribution is 2.35. The van der Waals surface area contributed by atoms with Gasteiger partial charge < -0.3 is 25.2 Å². The van der Waals surface area contributed by atoms with Crippen molar-refractivity contribution in [3.63, 3.8) is 0 Å². The number of benzene rings is 3. The maximum absolute atomic E-state index is 14.4. The molecule has 53 heavy (non-hydrogen) atoms. The van der Waals surface area contributed by atoms with Gasteiger partial charge in [0.25, 0.3) is 0 Å². The number of pyridine rings is 1. The number of hydrogen-bond acceptors (Lipinski definition) is 11. The quantitative estimate of drug-likeness (QED) is 0.116. The number of thiophene rings is 1. The molecule has 0 radical (unpaired) electrons. The zero-order chi connectivity index (χ0) is 37.4. The lowest BCUT2D eigenvalue weighted by molar-refractivity contribution is -0.123. The normalized spacial score (nSPS) is 12.8. The monoisotopic (exact) mass is 771 g/mol. The lowest BCUT2D eigenvalue weighted by Gasteiger charge is -2.29. The standard InChI is InChI=1S/C38H37N5O7S3/c1-49-34-19-25(17-18-39-34)22-43(53(47,48)29-14-16-32-30(20-29)41-24-51-32)31(23-44)33-15-13-28(52-33)21-40-37(45)36(42-38(46)50-2)35(26-9-5-3-6-10-26)27-11-7-4-8-12-27/h3-20,24,31,35-36,44H,21-23H2,1-2H3,(H,40,45)(H,42,46)/t31?,36-/m0/s1. The van der Waals surface area contributed by atoms with Gasteiger partial charge >= 0.3 is 6.09 Å². The number of thiazole rings is 1. The summed E-state index contributed by atoms with van der Waals surface area (Å²) in [5.41, 5.74) is 4.45. The van der Waals surface area contributed by atoms with Crippen LogP contribution >= 0.6 is 22.7 Å². The number of sulfonamides is 1. The number of carbonyl (C=O) groups is 2. The number of aliphatic hydroxyl groups excluding tert-OH is 1. The maximum Gasteiger partial charge on any atom is 0.407 e. The lowest BCUT2D eigenvalue weighted by atomic mass is 9.84. The molecule has 3 N–H and O–H groups in total. The molecule has 0 saturated heterocycles. The van der Waals surface area contributed by atoms with E-state index in [9.17, 15) is 23.1 Å². The molecule has 3 aromatic heterocycles. The zero-order valence-corrected chi connectivity index (χ0v) is 31.2. The summed E-state index contributed by atoms with van der Waals surface area (Å²) in [6, 6.07) is 28.5. The second-order valence-electron chi connectivity index (χ2n) is 11.9. The molecular formula is C38H37N5O7S3. The number of rotatable bonds is 15. The van der Waals surface area contributed by atoms with Crippen LogP contribution in [0.25, 0.3) is 10.2 Å². The summed E-state index contributed by atoms with van der Waals surface area (Å²) < 4.78 is 41.0. The fourth-order valence-electron chi connectivity index (χ4n) is 6.00. The van der Waals surface area contributed by atoms with Crippen molar-refractivity contribution < 1.29 is 32.6 Å².